The number of nitrogens with one attached hydrogen (secondary N) is 1. The van der Waals surface area contributed by atoms with E-state index in [0.29, 0.717) is 48.6 Å². The molecule has 0 spiro atoms. The molecule has 2 aliphatic heterocycles. The summed E-state index contributed by atoms with van der Waals surface area (Å²) in [4.78, 5) is 24.1. The number of allylic oxidation sites excluding steroid dienone is 2. The van der Waals surface area contributed by atoms with Crippen molar-refractivity contribution in [3.05, 3.63) is 33.9 Å². The molecular weight excluding hydrogens is 386 g/mol. The topological polar surface area (TPSA) is 94.1 Å². The van der Waals surface area contributed by atoms with Crippen LogP contribution in [0.4, 0.5) is 0 Å². The second-order valence-corrected chi connectivity index (χ2v) is 8.03. The van der Waals surface area contributed by atoms with Crippen LogP contribution in [0.5, 0.6) is 11.5 Å². The monoisotopic (exact) mass is 417 g/mol. The Kier molecular flexibility index (Phi) is 7.37. The molecule has 1 fully saturated rings. The van der Waals surface area contributed by atoms with Crippen LogP contribution in [0.25, 0.3) is 0 Å². The summed E-state index contributed by atoms with van der Waals surface area (Å²) < 4.78 is 15.9. The molecule has 0 radical (unpaired) electrons. The fraction of sp³-hybridized carbons (Fsp3) is 0.565. The van der Waals surface area contributed by atoms with Crippen molar-refractivity contribution in [1.82, 2.24) is 5.32 Å². The van der Waals surface area contributed by atoms with Crippen molar-refractivity contribution in [3.8, 4) is 11.5 Å². The van der Waals surface area contributed by atoms with Gasteiger partial charge in [0, 0.05) is 37.3 Å². The summed E-state index contributed by atoms with van der Waals surface area (Å²) in [6.45, 7) is 6.24. The third-order valence-electron chi connectivity index (χ3n) is 5.98. The predicted molar refractivity (Wildman–Crippen MR) is 112 cm³/mol. The highest BCUT2D eigenvalue weighted by atomic mass is 16.5. The summed E-state index contributed by atoms with van der Waals surface area (Å²) >= 11 is 0. The van der Waals surface area contributed by atoms with Gasteiger partial charge < -0.3 is 24.6 Å². The second kappa shape index (κ2) is 9.98. The molecular formula is C23H31NO6. The van der Waals surface area contributed by atoms with E-state index < -0.39 is 5.97 Å². The molecule has 0 unspecified atom stereocenters. The van der Waals surface area contributed by atoms with E-state index in [1.807, 2.05) is 19.9 Å². The van der Waals surface area contributed by atoms with E-state index in [1.165, 1.54) is 0 Å². The van der Waals surface area contributed by atoms with Gasteiger partial charge in [0.15, 0.2) is 0 Å². The Balaban J connectivity index is 1.58. The predicted octanol–water partition coefficient (Wildman–Crippen LogP) is 3.19. The van der Waals surface area contributed by atoms with Crippen LogP contribution in [0.2, 0.25) is 0 Å². The average Bonchev–Trinajstić information content (AvgIpc) is 3.15. The van der Waals surface area contributed by atoms with Gasteiger partial charge >= 0.3 is 5.97 Å². The quantitative estimate of drug-likeness (QED) is 0.498. The minimum atomic E-state index is -0.503. The molecule has 0 aromatic heterocycles. The smallest absolute Gasteiger partial charge is 0.342 e. The molecule has 1 aromatic carbocycles. The number of fused-ring (bicyclic) bond motifs is 1. The molecule has 2 N–H and O–H groups in total. The van der Waals surface area contributed by atoms with Crippen molar-refractivity contribution in [3.63, 3.8) is 0 Å². The number of phenols is 1. The van der Waals surface area contributed by atoms with Crippen molar-refractivity contribution in [1.29, 1.82) is 0 Å². The number of phenolic OH excluding ortho intramolecular Hbond substituents is 1. The lowest BCUT2D eigenvalue weighted by atomic mass is 9.94. The Morgan fingerprint density at radius 1 is 1.30 bits per heavy atom. The first-order valence-corrected chi connectivity index (χ1v) is 10.5. The molecule has 1 amide bonds. The molecule has 7 nitrogen and oxygen atoms in total. The third-order valence-corrected chi connectivity index (χ3v) is 5.98. The number of amides is 1. The van der Waals surface area contributed by atoms with Crippen molar-refractivity contribution in [2.45, 2.75) is 52.6 Å². The Bertz CT molecular complexity index is 839. The van der Waals surface area contributed by atoms with E-state index in [4.69, 9.17) is 14.2 Å². The third kappa shape index (κ3) is 4.95. The van der Waals surface area contributed by atoms with Crippen LogP contribution in [0.1, 0.15) is 59.7 Å². The normalized spacial score (nSPS) is 16.9. The highest BCUT2D eigenvalue weighted by Crippen LogP contribution is 2.42. The van der Waals surface area contributed by atoms with Crippen LogP contribution >= 0.6 is 0 Å². The minimum Gasteiger partial charge on any atom is -0.507 e. The van der Waals surface area contributed by atoms with Gasteiger partial charge in [-0.15, -0.1) is 0 Å². The van der Waals surface area contributed by atoms with Crippen molar-refractivity contribution in [2.24, 2.45) is 5.92 Å². The Morgan fingerprint density at radius 2 is 2.03 bits per heavy atom. The van der Waals surface area contributed by atoms with Crippen LogP contribution in [-0.4, -0.2) is 43.9 Å². The van der Waals surface area contributed by atoms with E-state index in [9.17, 15) is 14.7 Å². The van der Waals surface area contributed by atoms with Gasteiger partial charge in [0.2, 0.25) is 5.91 Å². The molecule has 1 saturated heterocycles. The average molecular weight is 418 g/mol. The number of aromatic hydroxyl groups is 1. The molecule has 3 rings (SSSR count). The van der Waals surface area contributed by atoms with Gasteiger partial charge in [-0.1, -0.05) is 11.6 Å². The SMILES string of the molecule is COc1c(C)c2c(c(O)c1CC=C(C)CCC(=O)NCC1CCOCC1)C(=O)OC2. The lowest BCUT2D eigenvalue weighted by Crippen LogP contribution is -2.32. The standard InChI is InChI=1S/C23H31NO6/c1-14(5-7-19(25)24-12-16-8-10-29-11-9-16)4-6-17-21(26)20-18(13-30-23(20)27)15(2)22(17)28-3/h4,16,26H,5-13H2,1-3H3,(H,24,25). The van der Waals surface area contributed by atoms with Crippen LogP contribution in [-0.2, 0) is 27.3 Å². The van der Waals surface area contributed by atoms with E-state index in [2.05, 4.69) is 5.32 Å². The van der Waals surface area contributed by atoms with Gasteiger partial charge in [-0.05, 0) is 51.0 Å². The van der Waals surface area contributed by atoms with Crippen LogP contribution in [0.3, 0.4) is 0 Å². The molecule has 7 heteroatoms. The number of hydrogen-bond acceptors (Lipinski definition) is 6. The van der Waals surface area contributed by atoms with Gasteiger partial charge in [-0.2, -0.15) is 0 Å². The molecule has 0 aliphatic carbocycles. The molecule has 0 atom stereocenters. The first kappa shape index (κ1) is 22.2. The summed E-state index contributed by atoms with van der Waals surface area (Å²) in [5, 5.41) is 13.7. The minimum absolute atomic E-state index is 0.0470. The Labute approximate surface area is 177 Å². The lowest BCUT2D eigenvalue weighted by molar-refractivity contribution is -0.121. The van der Waals surface area contributed by atoms with E-state index in [0.717, 1.165) is 37.2 Å². The van der Waals surface area contributed by atoms with Crippen molar-refractivity contribution in [2.75, 3.05) is 26.9 Å². The molecule has 164 valence electrons. The molecule has 0 saturated carbocycles. The summed E-state index contributed by atoms with van der Waals surface area (Å²) in [6, 6.07) is 0. The van der Waals surface area contributed by atoms with Gasteiger partial charge in [0.25, 0.3) is 0 Å². The summed E-state index contributed by atoms with van der Waals surface area (Å²) in [7, 11) is 1.55. The zero-order chi connectivity index (χ0) is 21.7. The zero-order valence-electron chi connectivity index (χ0n) is 18.0. The summed E-state index contributed by atoms with van der Waals surface area (Å²) in [6.07, 6.45) is 5.43. The van der Waals surface area contributed by atoms with Crippen molar-refractivity contribution < 1.29 is 28.9 Å². The number of methoxy groups -OCH3 is 1. The molecule has 1 aromatic rings. The van der Waals surface area contributed by atoms with Crippen LogP contribution in [0.15, 0.2) is 11.6 Å². The first-order chi connectivity index (χ1) is 14.4. The van der Waals surface area contributed by atoms with E-state index >= 15 is 0 Å². The molecule has 0 bridgehead atoms. The van der Waals surface area contributed by atoms with Gasteiger partial charge in [0.05, 0.1) is 7.11 Å². The van der Waals surface area contributed by atoms with Crippen LogP contribution < -0.4 is 10.1 Å². The number of benzene rings is 1. The molecule has 30 heavy (non-hydrogen) atoms. The molecule has 2 aliphatic rings. The Morgan fingerprint density at radius 3 is 2.73 bits per heavy atom. The maximum absolute atomic E-state index is 12.1. The lowest BCUT2D eigenvalue weighted by Gasteiger charge is -2.22. The summed E-state index contributed by atoms with van der Waals surface area (Å²) in [5.74, 6) is 0.544. The van der Waals surface area contributed by atoms with Gasteiger partial charge in [-0.25, -0.2) is 4.79 Å². The number of hydrogen-bond donors (Lipinski definition) is 2. The maximum Gasteiger partial charge on any atom is 0.342 e. The van der Waals surface area contributed by atoms with E-state index in [1.54, 1.807) is 7.11 Å². The number of rotatable bonds is 8. The number of carbonyl (C=O) groups is 2. The zero-order valence-corrected chi connectivity index (χ0v) is 18.0. The van der Waals surface area contributed by atoms with Crippen LogP contribution in [0, 0.1) is 12.8 Å². The number of esters is 1. The first-order valence-electron chi connectivity index (χ1n) is 10.5. The van der Waals surface area contributed by atoms with E-state index in [-0.39, 0.29) is 23.8 Å². The maximum atomic E-state index is 12.1. The fourth-order valence-electron chi connectivity index (χ4n) is 4.01. The second-order valence-electron chi connectivity index (χ2n) is 8.03. The molecule has 2 heterocycles. The Hall–Kier alpha value is -2.54. The number of carbonyl (C=O) groups excluding carboxylic acids is 2. The van der Waals surface area contributed by atoms with Gasteiger partial charge in [0.1, 0.15) is 23.7 Å². The highest BCUT2D eigenvalue weighted by Gasteiger charge is 2.31. The largest absolute Gasteiger partial charge is 0.507 e. The summed E-state index contributed by atoms with van der Waals surface area (Å²) in [5.41, 5.74) is 3.33. The number of ether oxygens (including phenoxy) is 3. The number of cyclic esters (lactones) is 1. The van der Waals surface area contributed by atoms with Crippen molar-refractivity contribution >= 4 is 11.9 Å². The fourth-order valence-corrected chi connectivity index (χ4v) is 4.01. The van der Waals surface area contributed by atoms with Gasteiger partial charge in [-0.3, -0.25) is 4.79 Å². The highest BCUT2D eigenvalue weighted by molar-refractivity contribution is 5.98.